The third-order valence-corrected chi connectivity index (χ3v) is 4.71. The summed E-state index contributed by atoms with van der Waals surface area (Å²) in [5.41, 5.74) is 0. The molecule has 8 nitrogen and oxygen atoms in total. The van der Waals surface area contributed by atoms with Crippen molar-refractivity contribution in [3.8, 4) is 11.5 Å². The van der Waals surface area contributed by atoms with Gasteiger partial charge in [0, 0.05) is 6.07 Å². The van der Waals surface area contributed by atoms with E-state index in [4.69, 9.17) is 5.11 Å². The Morgan fingerprint density at radius 3 is 2.48 bits per heavy atom. The number of hydrogen-bond donors (Lipinski definition) is 2. The Kier molecular flexibility index (Phi) is 3.21. The molecule has 1 aliphatic carbocycles. The Labute approximate surface area is 128 Å². The van der Waals surface area contributed by atoms with Crippen LogP contribution in [0.4, 0.5) is 8.78 Å². The van der Waals surface area contributed by atoms with Gasteiger partial charge in [-0.15, -0.1) is 8.78 Å². The molecule has 0 bridgehead atoms. The molecule has 2 N–H and O–H groups in total. The first-order chi connectivity index (χ1) is 10.6. The minimum Gasteiger partial charge on any atom is -0.481 e. The van der Waals surface area contributed by atoms with Gasteiger partial charge in [-0.3, -0.25) is 9.59 Å². The highest BCUT2D eigenvalue weighted by molar-refractivity contribution is 7.90. The topological polar surface area (TPSA) is 119 Å². The molecule has 11 heteroatoms. The van der Waals surface area contributed by atoms with Crippen LogP contribution in [-0.2, 0) is 19.6 Å². The van der Waals surface area contributed by atoms with Gasteiger partial charge in [0.1, 0.15) is 0 Å². The van der Waals surface area contributed by atoms with Gasteiger partial charge in [-0.1, -0.05) is 0 Å². The van der Waals surface area contributed by atoms with Crippen molar-refractivity contribution in [1.82, 2.24) is 4.72 Å². The number of carbonyl (C=O) groups is 2. The van der Waals surface area contributed by atoms with E-state index in [1.807, 2.05) is 0 Å². The Balaban J connectivity index is 1.77. The van der Waals surface area contributed by atoms with Crippen LogP contribution < -0.4 is 14.2 Å². The van der Waals surface area contributed by atoms with E-state index in [2.05, 4.69) is 9.47 Å². The summed E-state index contributed by atoms with van der Waals surface area (Å²) in [6.45, 7) is 0. The predicted octanol–water partition coefficient (Wildman–Crippen LogP) is 0.534. The number of ether oxygens (including phenoxy) is 2. The predicted molar refractivity (Wildman–Crippen MR) is 67.2 cm³/mol. The third kappa shape index (κ3) is 2.91. The Morgan fingerprint density at radius 1 is 1.22 bits per heavy atom. The van der Waals surface area contributed by atoms with Gasteiger partial charge in [0.2, 0.25) is 5.91 Å². The smallest absolute Gasteiger partial charge is 0.481 e. The van der Waals surface area contributed by atoms with Gasteiger partial charge in [0.05, 0.1) is 16.7 Å². The number of benzene rings is 1. The van der Waals surface area contributed by atoms with Crippen LogP contribution >= 0.6 is 0 Å². The molecule has 1 heterocycles. The largest absolute Gasteiger partial charge is 0.586 e. The average Bonchev–Trinajstić information content (AvgIpc) is 3.14. The molecular formula is C12H9F2NO7S. The van der Waals surface area contributed by atoms with E-state index in [0.717, 1.165) is 18.2 Å². The number of nitrogens with one attached hydrogen (secondary N) is 1. The first-order valence-corrected chi connectivity index (χ1v) is 7.77. The van der Waals surface area contributed by atoms with Crippen LogP contribution in [0.1, 0.15) is 6.42 Å². The molecule has 2 aliphatic rings. The molecular weight excluding hydrogens is 340 g/mol. The molecule has 1 fully saturated rings. The van der Waals surface area contributed by atoms with E-state index < -0.39 is 50.7 Å². The van der Waals surface area contributed by atoms with Gasteiger partial charge in [-0.25, -0.2) is 13.1 Å². The minimum absolute atomic E-state index is 0.0457. The highest BCUT2D eigenvalue weighted by Gasteiger charge is 2.49. The van der Waals surface area contributed by atoms with Crippen LogP contribution in [0.25, 0.3) is 0 Å². The number of carboxylic acid groups (broad SMARTS) is 1. The first-order valence-electron chi connectivity index (χ1n) is 6.28. The number of hydrogen-bond acceptors (Lipinski definition) is 6. The third-order valence-electron chi connectivity index (χ3n) is 3.36. The fraction of sp³-hybridized carbons (Fsp3) is 0.333. The zero-order valence-electron chi connectivity index (χ0n) is 11.2. The van der Waals surface area contributed by atoms with Crippen molar-refractivity contribution in [3.05, 3.63) is 18.2 Å². The summed E-state index contributed by atoms with van der Waals surface area (Å²) < 4.78 is 59.9. The fourth-order valence-electron chi connectivity index (χ4n) is 2.12. The maximum atomic E-state index is 12.9. The summed E-state index contributed by atoms with van der Waals surface area (Å²) in [5, 5.41) is 8.71. The number of fused-ring (bicyclic) bond motifs is 1. The lowest BCUT2D eigenvalue weighted by molar-refractivity contribution is -0.286. The molecule has 1 aromatic carbocycles. The summed E-state index contributed by atoms with van der Waals surface area (Å²) >= 11 is 0. The van der Waals surface area contributed by atoms with Crippen LogP contribution in [0.3, 0.4) is 0 Å². The molecule has 1 amide bonds. The van der Waals surface area contributed by atoms with Crippen molar-refractivity contribution in [2.24, 2.45) is 11.8 Å². The monoisotopic (exact) mass is 349 g/mol. The standard InChI is InChI=1S/C12H9F2NO7S/c13-12(14)21-8-2-1-5(3-9(8)22-12)23(19,20)15-10(16)6-4-7(6)11(17)18/h1-3,6-7H,4H2,(H,15,16)(H,17,18)/t6-,7-/m1/s1. The molecule has 1 aliphatic heterocycles. The molecule has 0 spiro atoms. The van der Waals surface area contributed by atoms with E-state index in [1.54, 1.807) is 4.72 Å². The van der Waals surface area contributed by atoms with Crippen molar-refractivity contribution >= 4 is 21.9 Å². The molecule has 0 radical (unpaired) electrons. The van der Waals surface area contributed by atoms with Gasteiger partial charge < -0.3 is 14.6 Å². The maximum Gasteiger partial charge on any atom is 0.586 e. The van der Waals surface area contributed by atoms with Crippen molar-refractivity contribution in [3.63, 3.8) is 0 Å². The van der Waals surface area contributed by atoms with E-state index in [1.165, 1.54) is 0 Å². The van der Waals surface area contributed by atoms with Crippen molar-refractivity contribution in [2.45, 2.75) is 17.6 Å². The second kappa shape index (κ2) is 4.78. The summed E-state index contributed by atoms with van der Waals surface area (Å²) in [4.78, 5) is 21.9. The van der Waals surface area contributed by atoms with Crippen LogP contribution in [0.5, 0.6) is 11.5 Å². The van der Waals surface area contributed by atoms with E-state index in [9.17, 15) is 26.8 Å². The lowest BCUT2D eigenvalue weighted by atomic mass is 10.3. The summed E-state index contributed by atoms with van der Waals surface area (Å²) in [5.74, 6) is -4.82. The Hall–Kier alpha value is -2.43. The molecule has 23 heavy (non-hydrogen) atoms. The second-order valence-corrected chi connectivity index (χ2v) is 6.72. The molecule has 0 saturated heterocycles. The summed E-state index contributed by atoms with van der Waals surface area (Å²) in [6, 6.07) is 2.71. The van der Waals surface area contributed by atoms with E-state index in [0.29, 0.717) is 0 Å². The highest BCUT2D eigenvalue weighted by atomic mass is 32.2. The lowest BCUT2D eigenvalue weighted by Crippen LogP contribution is -2.32. The molecule has 124 valence electrons. The molecule has 0 unspecified atom stereocenters. The highest BCUT2D eigenvalue weighted by Crippen LogP contribution is 2.42. The van der Waals surface area contributed by atoms with Crippen molar-refractivity contribution in [2.75, 3.05) is 0 Å². The van der Waals surface area contributed by atoms with Crippen LogP contribution in [0.2, 0.25) is 0 Å². The number of alkyl halides is 2. The number of carboxylic acids is 1. The Bertz CT molecular complexity index is 808. The van der Waals surface area contributed by atoms with Gasteiger partial charge in [0.25, 0.3) is 10.0 Å². The average molecular weight is 349 g/mol. The van der Waals surface area contributed by atoms with Crippen LogP contribution in [0, 0.1) is 11.8 Å². The number of amides is 1. The van der Waals surface area contributed by atoms with E-state index >= 15 is 0 Å². The van der Waals surface area contributed by atoms with E-state index in [-0.39, 0.29) is 12.2 Å². The van der Waals surface area contributed by atoms with Crippen molar-refractivity contribution < 1.29 is 41.4 Å². The zero-order chi connectivity index (χ0) is 17.0. The van der Waals surface area contributed by atoms with Gasteiger partial charge in [0.15, 0.2) is 11.5 Å². The zero-order valence-corrected chi connectivity index (χ0v) is 12.0. The fourth-order valence-corrected chi connectivity index (χ4v) is 3.16. The van der Waals surface area contributed by atoms with Crippen molar-refractivity contribution in [1.29, 1.82) is 0 Å². The number of aliphatic carboxylic acids is 1. The molecule has 1 saturated carbocycles. The number of carbonyl (C=O) groups excluding carboxylic acids is 1. The summed E-state index contributed by atoms with van der Waals surface area (Å²) in [7, 11) is -4.35. The molecule has 2 atom stereocenters. The van der Waals surface area contributed by atoms with Crippen LogP contribution in [0.15, 0.2) is 23.1 Å². The minimum atomic E-state index is -4.35. The molecule has 1 aromatic rings. The number of rotatable bonds is 4. The SMILES string of the molecule is O=C(O)[C@@H]1C[C@H]1C(=O)NS(=O)(=O)c1ccc2c(c1)OC(F)(F)O2. The van der Waals surface area contributed by atoms with Gasteiger partial charge in [-0.05, 0) is 18.6 Å². The molecule has 0 aromatic heterocycles. The lowest BCUT2D eigenvalue weighted by Gasteiger charge is -2.07. The normalized spacial score (nSPS) is 24.1. The van der Waals surface area contributed by atoms with Crippen LogP contribution in [-0.4, -0.2) is 31.7 Å². The Morgan fingerprint density at radius 2 is 1.87 bits per heavy atom. The summed E-state index contributed by atoms with van der Waals surface area (Å²) in [6.07, 6.45) is -3.85. The van der Waals surface area contributed by atoms with Gasteiger partial charge in [-0.2, -0.15) is 0 Å². The first kappa shape index (κ1) is 15.5. The quantitative estimate of drug-likeness (QED) is 0.814. The second-order valence-electron chi connectivity index (χ2n) is 5.03. The number of halogens is 2. The maximum absolute atomic E-state index is 12.9. The number of sulfonamides is 1. The van der Waals surface area contributed by atoms with Gasteiger partial charge >= 0.3 is 12.3 Å². The molecule has 3 rings (SSSR count).